The summed E-state index contributed by atoms with van der Waals surface area (Å²) >= 11 is 0. The number of ether oxygens (including phenoxy) is 2. The molecule has 1 atom stereocenters. The Bertz CT molecular complexity index is 1420. The second kappa shape index (κ2) is 25.4. The molecule has 0 aromatic heterocycles. The van der Waals surface area contributed by atoms with Gasteiger partial charge in [0.2, 0.25) is 0 Å². The first-order valence-corrected chi connectivity index (χ1v) is 16.7. The van der Waals surface area contributed by atoms with Crippen LogP contribution in [0.25, 0.3) is 0 Å². The molecule has 1 saturated carbocycles. The van der Waals surface area contributed by atoms with Crippen molar-refractivity contribution in [3.63, 3.8) is 0 Å². The van der Waals surface area contributed by atoms with Crippen molar-refractivity contribution in [3.05, 3.63) is 102 Å². The van der Waals surface area contributed by atoms with Gasteiger partial charge in [0.1, 0.15) is 12.3 Å². The summed E-state index contributed by atoms with van der Waals surface area (Å²) in [5, 5.41) is 6.58. The summed E-state index contributed by atoms with van der Waals surface area (Å²) in [6, 6.07) is 7.18. The average molecular weight is 930 g/mol. The van der Waals surface area contributed by atoms with Crippen LogP contribution in [-0.2, 0) is 16.1 Å². The van der Waals surface area contributed by atoms with Crippen LogP contribution < -0.4 is 0 Å². The predicted octanol–water partition coefficient (Wildman–Crippen LogP) is 9.78. The number of halogens is 3. The molecule has 2 rings (SSSR count). The molecule has 1 aliphatic carbocycles. The Morgan fingerprint density at radius 1 is 1.16 bits per heavy atom. The van der Waals surface area contributed by atoms with E-state index in [1.165, 1.54) is 39.4 Å². The molecular formula is C39H54B2F3N3O3U. The minimum atomic E-state index is -4.51. The largest absolute Gasteiger partial charge is 2.00 e. The summed E-state index contributed by atoms with van der Waals surface area (Å²) in [5.74, 6) is 1.09. The standard InChI is InChI=1S/C36H47F3N3O2.C2H4B2O.CH3.U/c1-9-13-21-40-22-31(26(6)29-19-20-29)32(14-10-2)41-23-33(43-8)27(7)44-24-28-15-17-30(18-16-28)35(25(5)11-3)42-34(12-4)36(37,38)39;1-2(3,4)5;;/h12-13,15-18,21,23,25,29H,7,9-11,14,19-20,24H2,1-6,8H3;5H,1H3;1H3;/q-1;;-1;+2/b21-13-,31-26-,33-23+,34-12-,41-32-,42-35?;;;. The maximum Gasteiger partial charge on any atom is 2.00 e. The zero-order valence-electron chi connectivity index (χ0n) is 31.8. The minimum Gasteiger partial charge on any atom is -0.491 e. The molecule has 1 unspecified atom stereocenters. The first-order chi connectivity index (χ1) is 23.0. The van der Waals surface area contributed by atoms with Crippen LogP contribution in [0.1, 0.15) is 98.1 Å². The molecule has 1 N–H and O–H groups in total. The summed E-state index contributed by atoms with van der Waals surface area (Å²) in [5.41, 5.74) is 4.02. The fraction of sp³-hybridized carbons (Fsp3) is 0.487. The number of nitrogens with zero attached hydrogens (tertiary/aromatic N) is 3. The van der Waals surface area contributed by atoms with Crippen molar-refractivity contribution in [2.24, 2.45) is 26.8 Å². The van der Waals surface area contributed by atoms with E-state index >= 15 is 0 Å². The topological polar surface area (TPSA) is 75.8 Å². The van der Waals surface area contributed by atoms with E-state index in [9.17, 15) is 13.2 Å². The Labute approximate surface area is 331 Å². The van der Waals surface area contributed by atoms with Crippen LogP contribution in [0.2, 0.25) is 0 Å². The number of rotatable bonds is 17. The first-order valence-electron chi connectivity index (χ1n) is 16.7. The first kappa shape index (κ1) is 50.6. The van der Waals surface area contributed by atoms with Gasteiger partial charge in [0, 0.05) is 0 Å². The van der Waals surface area contributed by atoms with Crippen LogP contribution in [0.15, 0.2) is 98.7 Å². The van der Waals surface area contributed by atoms with Crippen LogP contribution in [0.4, 0.5) is 13.2 Å². The number of hydrogen-bond acceptors (Lipinski definition) is 6. The maximum absolute atomic E-state index is 13.4. The predicted molar refractivity (Wildman–Crippen MR) is 204 cm³/mol. The molecule has 1 aromatic rings. The summed E-state index contributed by atoms with van der Waals surface area (Å²) in [6.07, 6.45) is 10.6. The van der Waals surface area contributed by atoms with Crippen molar-refractivity contribution in [1.82, 2.24) is 0 Å². The smallest absolute Gasteiger partial charge is 0.491 e. The number of alkyl halides is 3. The van der Waals surface area contributed by atoms with E-state index in [1.54, 1.807) is 24.5 Å². The summed E-state index contributed by atoms with van der Waals surface area (Å²) in [7, 11) is 10.9. The normalized spacial score (nSPS) is 15.7. The number of methoxy groups -OCH3 is 1. The second-order valence-electron chi connectivity index (χ2n) is 12.0. The van der Waals surface area contributed by atoms with Gasteiger partial charge < -0.3 is 32.0 Å². The van der Waals surface area contributed by atoms with Gasteiger partial charge >= 0.3 is 37.3 Å². The van der Waals surface area contributed by atoms with Crippen molar-refractivity contribution in [2.75, 3.05) is 7.11 Å². The monoisotopic (exact) mass is 929 g/mol. The van der Waals surface area contributed by atoms with Gasteiger partial charge in [-0.15, -0.1) is 17.2 Å². The van der Waals surface area contributed by atoms with E-state index in [0.29, 0.717) is 35.1 Å². The van der Waals surface area contributed by atoms with Crippen LogP contribution in [0.5, 0.6) is 0 Å². The van der Waals surface area contributed by atoms with Gasteiger partial charge in [-0.05, 0) is 60.6 Å². The van der Waals surface area contributed by atoms with Crippen LogP contribution in [-0.4, -0.2) is 57.1 Å². The van der Waals surface area contributed by atoms with Gasteiger partial charge in [-0.2, -0.15) is 13.2 Å². The summed E-state index contributed by atoms with van der Waals surface area (Å²) in [4.78, 5) is 13.2. The molecule has 4 radical (unpaired) electrons. The zero-order chi connectivity index (χ0) is 37.2. The molecular weight excluding hydrogens is 875 g/mol. The van der Waals surface area contributed by atoms with Crippen molar-refractivity contribution >= 4 is 33.3 Å². The van der Waals surface area contributed by atoms with Crippen molar-refractivity contribution in [1.29, 1.82) is 0 Å². The number of aliphatic imine (C=N–C) groups is 3. The third-order valence-electron chi connectivity index (χ3n) is 7.33. The molecule has 6 nitrogen and oxygen atoms in total. The molecule has 1 aromatic carbocycles. The summed E-state index contributed by atoms with van der Waals surface area (Å²) < 4.78 is 51.6. The van der Waals surface area contributed by atoms with E-state index in [-0.39, 0.29) is 51.1 Å². The molecule has 0 heterocycles. The fourth-order valence-corrected chi connectivity index (χ4v) is 4.31. The molecule has 274 valence electrons. The van der Waals surface area contributed by atoms with Crippen LogP contribution in [0, 0.1) is 50.4 Å². The van der Waals surface area contributed by atoms with Gasteiger partial charge in [0.05, 0.1) is 34.7 Å². The Hall–Kier alpha value is -2.54. The van der Waals surface area contributed by atoms with E-state index in [2.05, 4.69) is 59.2 Å². The number of hydrogen-bond donors (Lipinski definition) is 1. The molecule has 51 heavy (non-hydrogen) atoms. The third kappa shape index (κ3) is 20.3. The quantitative estimate of drug-likeness (QED) is 0.0556. The minimum absolute atomic E-state index is 0. The van der Waals surface area contributed by atoms with Crippen molar-refractivity contribution in [3.8, 4) is 0 Å². The number of allylic oxidation sites excluding steroid dienone is 5. The van der Waals surface area contributed by atoms with Crippen LogP contribution in [0.3, 0.4) is 0 Å². The van der Waals surface area contributed by atoms with Crippen molar-refractivity contribution < 1.29 is 58.9 Å². The van der Waals surface area contributed by atoms with Gasteiger partial charge in [-0.25, -0.2) is 4.99 Å². The number of benzene rings is 1. The van der Waals surface area contributed by atoms with E-state index in [0.717, 1.165) is 42.2 Å². The molecule has 0 aliphatic heterocycles. The molecule has 12 heteroatoms. The molecule has 0 bridgehead atoms. The van der Waals surface area contributed by atoms with E-state index < -0.39 is 17.3 Å². The molecule has 1 fully saturated rings. The Morgan fingerprint density at radius 3 is 2.20 bits per heavy atom. The number of aliphatic hydroxyl groups is 1. The van der Waals surface area contributed by atoms with Gasteiger partial charge in [0.15, 0.2) is 11.5 Å². The van der Waals surface area contributed by atoms with Gasteiger partial charge in [-0.3, -0.25) is 0 Å². The fourth-order valence-electron chi connectivity index (χ4n) is 4.31. The third-order valence-corrected chi connectivity index (χ3v) is 7.33. The Morgan fingerprint density at radius 2 is 1.75 bits per heavy atom. The maximum atomic E-state index is 13.4. The Kier molecular flexibility index (Phi) is 25.2. The van der Waals surface area contributed by atoms with Gasteiger partial charge in [0.25, 0.3) is 0 Å². The summed E-state index contributed by atoms with van der Waals surface area (Å²) in [6.45, 7) is 17.0. The van der Waals surface area contributed by atoms with Crippen LogP contribution >= 0.6 is 0 Å². The average Bonchev–Trinajstić information content (AvgIpc) is 3.88. The second-order valence-corrected chi connectivity index (χ2v) is 12.0. The van der Waals surface area contributed by atoms with Gasteiger partial charge in [-0.1, -0.05) is 110 Å². The van der Waals surface area contributed by atoms with E-state index in [1.807, 2.05) is 32.1 Å². The van der Waals surface area contributed by atoms with Crippen molar-refractivity contribution in [2.45, 2.75) is 105 Å². The molecule has 0 spiro atoms. The molecule has 0 saturated heterocycles. The Balaban J connectivity index is 0. The zero-order valence-corrected chi connectivity index (χ0v) is 36.0. The molecule has 1 aliphatic rings. The van der Waals surface area contributed by atoms with E-state index in [4.69, 9.17) is 19.6 Å². The molecule has 0 amide bonds. The SMILES string of the molecule is C=C(OCc1ccc(C(=N/C(=C\C)C(F)(F)F)C(C)CC)cc1)\C(=C/N=C(CCC)\C(\[C-]=N\C=C/CC)=C(\C)C1CC1)OC.[B]C([B])(C)O.[CH3-].[U+2].